The van der Waals surface area contributed by atoms with Gasteiger partial charge in [-0.2, -0.15) is 0 Å². The third-order valence-corrected chi connectivity index (χ3v) is 3.56. The van der Waals surface area contributed by atoms with Crippen LogP contribution in [0.1, 0.15) is 46.5 Å². The molecule has 1 fully saturated rings. The van der Waals surface area contributed by atoms with E-state index in [9.17, 15) is 9.59 Å². The Morgan fingerprint density at radius 1 is 1.53 bits per heavy atom. The molecule has 0 aliphatic heterocycles. The van der Waals surface area contributed by atoms with E-state index in [4.69, 9.17) is 5.11 Å². The number of aliphatic carboxylic acids is 1. The summed E-state index contributed by atoms with van der Waals surface area (Å²) in [6, 6.07) is 0. The molecule has 0 aromatic heterocycles. The Bertz CT molecular complexity index is 349. The summed E-state index contributed by atoms with van der Waals surface area (Å²) in [5.41, 5.74) is -0.358. The minimum atomic E-state index is -1.06. The Morgan fingerprint density at radius 2 is 2.12 bits per heavy atom. The van der Waals surface area contributed by atoms with Crippen LogP contribution in [0.15, 0.2) is 11.8 Å². The van der Waals surface area contributed by atoms with E-state index in [0.29, 0.717) is 12.3 Å². The Morgan fingerprint density at radius 3 is 2.53 bits per heavy atom. The van der Waals surface area contributed by atoms with Gasteiger partial charge in [-0.15, -0.1) is 0 Å². The number of amides is 1. The molecule has 0 bridgehead atoms. The molecule has 1 amide bonds. The molecule has 2 unspecified atom stereocenters. The minimum absolute atomic E-state index is 0.0174. The fraction of sp³-hybridized carbons (Fsp3) is 0.692. The van der Waals surface area contributed by atoms with Crippen LogP contribution in [-0.4, -0.2) is 17.0 Å². The van der Waals surface area contributed by atoms with E-state index >= 15 is 0 Å². The van der Waals surface area contributed by atoms with E-state index < -0.39 is 5.97 Å². The molecule has 0 radical (unpaired) electrons. The highest BCUT2D eigenvalue weighted by molar-refractivity contribution is 5.95. The second-order valence-corrected chi connectivity index (χ2v) is 5.04. The first-order valence-corrected chi connectivity index (χ1v) is 6.16. The number of carbonyl (C=O) groups excluding carboxylic acids is 1. The van der Waals surface area contributed by atoms with Crippen molar-refractivity contribution in [1.82, 2.24) is 5.32 Å². The van der Waals surface area contributed by atoms with Gasteiger partial charge in [0.25, 0.3) is 0 Å². The smallest absolute Gasteiger partial charge is 0.352 e. The monoisotopic (exact) mass is 239 g/mol. The number of allylic oxidation sites excluding steroid dienone is 1. The normalized spacial score (nSPS) is 27.7. The predicted molar refractivity (Wildman–Crippen MR) is 65.3 cm³/mol. The average molecular weight is 239 g/mol. The van der Waals surface area contributed by atoms with E-state index in [0.717, 1.165) is 19.3 Å². The lowest BCUT2D eigenvalue weighted by Crippen LogP contribution is -2.33. The number of hydrogen-bond donors (Lipinski definition) is 2. The summed E-state index contributed by atoms with van der Waals surface area (Å²) in [4.78, 5) is 22.8. The number of carbonyl (C=O) groups is 2. The van der Waals surface area contributed by atoms with Crippen LogP contribution in [0.2, 0.25) is 0 Å². The SMILES string of the molecule is CCCC/C=C(\NC(=O)C1(C)CC1C)C(=O)O. The molecule has 0 aromatic carbocycles. The van der Waals surface area contributed by atoms with E-state index in [2.05, 4.69) is 5.32 Å². The van der Waals surface area contributed by atoms with Crippen LogP contribution in [0.4, 0.5) is 0 Å². The van der Waals surface area contributed by atoms with Gasteiger partial charge in [0.15, 0.2) is 0 Å². The maximum absolute atomic E-state index is 11.9. The lowest BCUT2D eigenvalue weighted by molar-refractivity contribution is -0.135. The topological polar surface area (TPSA) is 66.4 Å². The van der Waals surface area contributed by atoms with Crippen LogP contribution in [-0.2, 0) is 9.59 Å². The maximum atomic E-state index is 11.9. The zero-order chi connectivity index (χ0) is 13.1. The number of rotatable bonds is 6. The highest BCUT2D eigenvalue weighted by atomic mass is 16.4. The molecule has 1 saturated carbocycles. The molecule has 0 aromatic rings. The van der Waals surface area contributed by atoms with Crippen LogP contribution >= 0.6 is 0 Å². The van der Waals surface area contributed by atoms with Crippen molar-refractivity contribution in [1.29, 1.82) is 0 Å². The van der Waals surface area contributed by atoms with Gasteiger partial charge in [0.1, 0.15) is 5.70 Å². The van der Waals surface area contributed by atoms with Gasteiger partial charge in [-0.1, -0.05) is 33.3 Å². The molecule has 0 spiro atoms. The van der Waals surface area contributed by atoms with E-state index in [1.54, 1.807) is 6.08 Å². The summed E-state index contributed by atoms with van der Waals surface area (Å²) >= 11 is 0. The second-order valence-electron chi connectivity index (χ2n) is 5.04. The quantitative estimate of drug-likeness (QED) is 0.552. The molecule has 2 atom stereocenters. The van der Waals surface area contributed by atoms with Crippen LogP contribution < -0.4 is 5.32 Å². The van der Waals surface area contributed by atoms with E-state index in [1.807, 2.05) is 20.8 Å². The van der Waals surface area contributed by atoms with Gasteiger partial charge in [0.05, 0.1) is 0 Å². The molecule has 96 valence electrons. The average Bonchev–Trinajstić information content (AvgIpc) is 2.87. The highest BCUT2D eigenvalue weighted by Crippen LogP contribution is 2.51. The van der Waals surface area contributed by atoms with Crippen LogP contribution in [0.25, 0.3) is 0 Å². The lowest BCUT2D eigenvalue weighted by atomic mass is 10.1. The van der Waals surface area contributed by atoms with Gasteiger partial charge in [-0.25, -0.2) is 4.79 Å². The number of hydrogen-bond acceptors (Lipinski definition) is 2. The molecule has 0 saturated heterocycles. The zero-order valence-corrected chi connectivity index (χ0v) is 10.7. The number of carboxylic acids is 1. The summed E-state index contributed by atoms with van der Waals surface area (Å²) in [6.07, 6.45) is 5.05. The van der Waals surface area contributed by atoms with Crippen molar-refractivity contribution in [2.24, 2.45) is 11.3 Å². The van der Waals surface area contributed by atoms with Crippen molar-refractivity contribution < 1.29 is 14.7 Å². The summed E-state index contributed by atoms with van der Waals surface area (Å²) in [5, 5.41) is 11.5. The lowest BCUT2D eigenvalue weighted by Gasteiger charge is -2.11. The summed E-state index contributed by atoms with van der Waals surface area (Å²) < 4.78 is 0. The third kappa shape index (κ3) is 3.32. The molecule has 1 rings (SSSR count). The fourth-order valence-electron chi connectivity index (χ4n) is 1.80. The van der Waals surface area contributed by atoms with Gasteiger partial charge >= 0.3 is 5.97 Å². The second kappa shape index (κ2) is 5.34. The van der Waals surface area contributed by atoms with Crippen molar-refractivity contribution in [3.8, 4) is 0 Å². The number of nitrogens with one attached hydrogen (secondary N) is 1. The Hall–Kier alpha value is -1.32. The first-order valence-electron chi connectivity index (χ1n) is 6.16. The molecular formula is C13H21NO3. The molecule has 17 heavy (non-hydrogen) atoms. The van der Waals surface area contributed by atoms with Crippen LogP contribution in [0, 0.1) is 11.3 Å². The molecule has 1 aliphatic carbocycles. The van der Waals surface area contributed by atoms with Gasteiger partial charge in [0, 0.05) is 5.41 Å². The van der Waals surface area contributed by atoms with Crippen molar-refractivity contribution >= 4 is 11.9 Å². The van der Waals surface area contributed by atoms with Gasteiger partial charge < -0.3 is 10.4 Å². The van der Waals surface area contributed by atoms with Crippen molar-refractivity contribution in [2.75, 3.05) is 0 Å². The maximum Gasteiger partial charge on any atom is 0.352 e. The Kier molecular flexibility index (Phi) is 4.32. The van der Waals surface area contributed by atoms with Crippen LogP contribution in [0.5, 0.6) is 0 Å². The molecule has 4 nitrogen and oxygen atoms in total. The standard InChI is InChI=1S/C13H21NO3/c1-4-5-6-7-10(11(15)16)14-12(17)13(3)8-9(13)2/h7,9H,4-6,8H2,1-3H3,(H,14,17)(H,15,16)/b10-7-. The molecule has 0 heterocycles. The van der Waals surface area contributed by atoms with E-state index in [-0.39, 0.29) is 17.0 Å². The third-order valence-electron chi connectivity index (χ3n) is 3.56. The summed E-state index contributed by atoms with van der Waals surface area (Å²) in [7, 11) is 0. The largest absolute Gasteiger partial charge is 0.477 e. The Labute approximate surface area is 102 Å². The molecule has 4 heteroatoms. The molecular weight excluding hydrogens is 218 g/mol. The van der Waals surface area contributed by atoms with Crippen molar-refractivity contribution in [3.05, 3.63) is 11.8 Å². The first-order chi connectivity index (χ1) is 7.91. The zero-order valence-electron chi connectivity index (χ0n) is 10.7. The minimum Gasteiger partial charge on any atom is -0.477 e. The van der Waals surface area contributed by atoms with Crippen molar-refractivity contribution in [3.63, 3.8) is 0 Å². The highest BCUT2D eigenvalue weighted by Gasteiger charge is 2.53. The van der Waals surface area contributed by atoms with E-state index in [1.165, 1.54) is 0 Å². The predicted octanol–water partition coefficient (Wildman–Crippen LogP) is 2.31. The van der Waals surface area contributed by atoms with Crippen LogP contribution in [0.3, 0.4) is 0 Å². The van der Waals surface area contributed by atoms with Crippen molar-refractivity contribution in [2.45, 2.75) is 46.5 Å². The first kappa shape index (κ1) is 13.7. The van der Waals surface area contributed by atoms with Gasteiger partial charge in [-0.05, 0) is 25.2 Å². The Balaban J connectivity index is 2.59. The summed E-state index contributed by atoms with van der Waals surface area (Å²) in [5.74, 6) is -0.894. The fourth-order valence-corrected chi connectivity index (χ4v) is 1.80. The molecule has 2 N–H and O–H groups in total. The van der Waals surface area contributed by atoms with Gasteiger partial charge in [-0.3, -0.25) is 4.79 Å². The molecule has 1 aliphatic rings. The number of unbranched alkanes of at least 4 members (excludes halogenated alkanes) is 2. The van der Waals surface area contributed by atoms with Gasteiger partial charge in [0.2, 0.25) is 5.91 Å². The summed E-state index contributed by atoms with van der Waals surface area (Å²) in [6.45, 7) is 5.92. The number of carboxylic acid groups (broad SMARTS) is 1.